The zero-order valence-corrected chi connectivity index (χ0v) is 16.2. The second kappa shape index (κ2) is 7.03. The highest BCUT2D eigenvalue weighted by atomic mass is 79.9. The zero-order valence-electron chi connectivity index (χ0n) is 13.8. The van der Waals surface area contributed by atoms with Crippen molar-refractivity contribution in [2.24, 2.45) is 5.92 Å². The standard InChI is InChI=1S/C18H19BrFN3OS/c19-14-8-15(20)17(21-9-14)22-5-1-2-13(11-22)18(24)23-6-3-16-12(10-23)4-7-25-16/h4,7-9,13H,1-3,5-6,10-11H2. The van der Waals surface area contributed by atoms with Gasteiger partial charge in [0.25, 0.3) is 0 Å². The first-order chi connectivity index (χ1) is 12.1. The van der Waals surface area contributed by atoms with Gasteiger partial charge in [0.1, 0.15) is 0 Å². The quantitative estimate of drug-likeness (QED) is 0.735. The number of nitrogens with zero attached hydrogens (tertiary/aromatic N) is 3. The van der Waals surface area contributed by atoms with Crippen LogP contribution in [-0.2, 0) is 17.8 Å². The van der Waals surface area contributed by atoms with E-state index in [1.54, 1.807) is 17.5 Å². The maximum Gasteiger partial charge on any atom is 0.227 e. The van der Waals surface area contributed by atoms with Crippen LogP contribution < -0.4 is 4.90 Å². The van der Waals surface area contributed by atoms with Crippen molar-refractivity contribution >= 4 is 39.0 Å². The minimum Gasteiger partial charge on any atom is -0.353 e. The number of anilines is 1. The van der Waals surface area contributed by atoms with Gasteiger partial charge in [0.05, 0.1) is 5.92 Å². The Kier molecular flexibility index (Phi) is 4.78. The van der Waals surface area contributed by atoms with E-state index >= 15 is 0 Å². The summed E-state index contributed by atoms with van der Waals surface area (Å²) in [5.74, 6) is 0.112. The van der Waals surface area contributed by atoms with Crippen molar-refractivity contribution in [2.75, 3.05) is 24.5 Å². The van der Waals surface area contributed by atoms with Crippen LogP contribution in [0, 0.1) is 11.7 Å². The van der Waals surface area contributed by atoms with Gasteiger partial charge in [-0.1, -0.05) is 0 Å². The van der Waals surface area contributed by atoms with Gasteiger partial charge < -0.3 is 9.80 Å². The van der Waals surface area contributed by atoms with Crippen molar-refractivity contribution in [2.45, 2.75) is 25.8 Å². The van der Waals surface area contributed by atoms with E-state index in [4.69, 9.17) is 0 Å². The summed E-state index contributed by atoms with van der Waals surface area (Å²) in [6.45, 7) is 2.77. The molecule has 2 aromatic heterocycles. The molecule has 1 atom stereocenters. The zero-order chi connectivity index (χ0) is 17.4. The topological polar surface area (TPSA) is 36.4 Å². The second-order valence-corrected chi connectivity index (χ2v) is 8.54. The predicted molar refractivity (Wildman–Crippen MR) is 100 cm³/mol. The van der Waals surface area contributed by atoms with Crippen molar-refractivity contribution in [1.82, 2.24) is 9.88 Å². The van der Waals surface area contributed by atoms with Crippen LogP contribution in [0.4, 0.5) is 10.2 Å². The fourth-order valence-corrected chi connectivity index (χ4v) is 4.90. The highest BCUT2D eigenvalue weighted by molar-refractivity contribution is 9.10. The molecule has 0 aliphatic carbocycles. The Morgan fingerprint density at radius 3 is 3.12 bits per heavy atom. The summed E-state index contributed by atoms with van der Waals surface area (Å²) in [6, 6.07) is 3.55. The van der Waals surface area contributed by atoms with Crippen molar-refractivity contribution < 1.29 is 9.18 Å². The molecule has 2 aliphatic heterocycles. The van der Waals surface area contributed by atoms with E-state index < -0.39 is 0 Å². The van der Waals surface area contributed by atoms with Crippen LogP contribution in [0.25, 0.3) is 0 Å². The number of hydrogen-bond acceptors (Lipinski definition) is 4. The molecule has 1 fully saturated rings. The summed E-state index contributed by atoms with van der Waals surface area (Å²) in [5.41, 5.74) is 1.28. The average molecular weight is 424 g/mol. The molecule has 1 unspecified atom stereocenters. The maximum atomic E-state index is 14.2. The predicted octanol–water partition coefficient (Wildman–Crippen LogP) is 3.85. The van der Waals surface area contributed by atoms with Crippen LogP contribution in [0.15, 0.2) is 28.2 Å². The third kappa shape index (κ3) is 3.44. The van der Waals surface area contributed by atoms with Crippen LogP contribution in [0.5, 0.6) is 0 Å². The van der Waals surface area contributed by atoms with Gasteiger partial charge in [-0.25, -0.2) is 9.37 Å². The molecule has 4 nitrogen and oxygen atoms in total. The van der Waals surface area contributed by atoms with Crippen molar-refractivity contribution in [3.8, 4) is 0 Å². The van der Waals surface area contributed by atoms with E-state index in [9.17, 15) is 9.18 Å². The number of rotatable bonds is 2. The fourth-order valence-electron chi connectivity index (χ4n) is 3.71. The second-order valence-electron chi connectivity index (χ2n) is 6.62. The summed E-state index contributed by atoms with van der Waals surface area (Å²) in [6.07, 6.45) is 4.29. The number of thiophene rings is 1. The first-order valence-corrected chi connectivity index (χ1v) is 10.2. The van der Waals surface area contributed by atoms with Gasteiger partial charge in [0, 0.05) is 41.7 Å². The summed E-state index contributed by atoms with van der Waals surface area (Å²) >= 11 is 5.01. The fraction of sp³-hybridized carbons (Fsp3) is 0.444. The Hall–Kier alpha value is -1.47. The molecule has 0 aromatic carbocycles. The number of halogens is 2. The number of hydrogen-bond donors (Lipinski definition) is 0. The summed E-state index contributed by atoms with van der Waals surface area (Å²) in [7, 11) is 0. The third-order valence-electron chi connectivity index (χ3n) is 4.98. The van der Waals surface area contributed by atoms with Gasteiger partial charge in [0.15, 0.2) is 11.6 Å². The number of amides is 1. The molecule has 2 aromatic rings. The Labute approximate surface area is 158 Å². The minimum atomic E-state index is -0.344. The molecule has 132 valence electrons. The Morgan fingerprint density at radius 2 is 2.28 bits per heavy atom. The van der Waals surface area contributed by atoms with Crippen molar-refractivity contribution in [3.05, 3.63) is 44.4 Å². The average Bonchev–Trinajstić information content (AvgIpc) is 3.09. The molecule has 0 N–H and O–H groups in total. The lowest BCUT2D eigenvalue weighted by atomic mass is 9.95. The third-order valence-corrected chi connectivity index (χ3v) is 6.43. The molecule has 0 bridgehead atoms. The van der Waals surface area contributed by atoms with Gasteiger partial charge in [-0.3, -0.25) is 4.79 Å². The number of carbonyl (C=O) groups is 1. The summed E-state index contributed by atoms with van der Waals surface area (Å²) < 4.78 is 14.8. The van der Waals surface area contributed by atoms with Crippen LogP contribution in [-0.4, -0.2) is 35.4 Å². The van der Waals surface area contributed by atoms with E-state index in [1.807, 2.05) is 9.80 Å². The molecule has 2 aliphatic rings. The SMILES string of the molecule is O=C(C1CCCN(c2ncc(Br)cc2F)C1)N1CCc2sccc2C1. The molecule has 1 amide bonds. The minimum absolute atomic E-state index is 0.0845. The van der Waals surface area contributed by atoms with Crippen LogP contribution in [0.1, 0.15) is 23.3 Å². The van der Waals surface area contributed by atoms with Gasteiger partial charge >= 0.3 is 0 Å². The first kappa shape index (κ1) is 17.0. The van der Waals surface area contributed by atoms with Crippen molar-refractivity contribution in [3.63, 3.8) is 0 Å². The Balaban J connectivity index is 1.47. The highest BCUT2D eigenvalue weighted by Gasteiger charge is 2.32. The number of pyridine rings is 1. The van der Waals surface area contributed by atoms with E-state index in [-0.39, 0.29) is 17.6 Å². The molecule has 4 heterocycles. The van der Waals surface area contributed by atoms with Crippen LogP contribution in [0.3, 0.4) is 0 Å². The Morgan fingerprint density at radius 1 is 1.40 bits per heavy atom. The normalized spacial score (nSPS) is 20.5. The molecule has 7 heteroatoms. The van der Waals surface area contributed by atoms with Crippen molar-refractivity contribution in [1.29, 1.82) is 0 Å². The summed E-state index contributed by atoms with van der Waals surface area (Å²) in [5, 5.41) is 2.10. The molecule has 25 heavy (non-hydrogen) atoms. The lowest BCUT2D eigenvalue weighted by Crippen LogP contribution is -2.46. The molecule has 0 radical (unpaired) electrons. The largest absolute Gasteiger partial charge is 0.353 e. The molecule has 4 rings (SSSR count). The Bertz CT molecular complexity index is 796. The van der Waals surface area contributed by atoms with E-state index in [0.717, 1.165) is 32.4 Å². The molecular formula is C18H19BrFN3OS. The first-order valence-electron chi connectivity index (χ1n) is 8.52. The van der Waals surface area contributed by atoms with E-state index in [0.29, 0.717) is 23.4 Å². The van der Waals surface area contributed by atoms with E-state index in [1.165, 1.54) is 16.5 Å². The maximum absolute atomic E-state index is 14.2. The molecule has 0 spiro atoms. The van der Waals surface area contributed by atoms with Gasteiger partial charge in [-0.05, 0) is 58.3 Å². The van der Waals surface area contributed by atoms with Crippen LogP contribution >= 0.6 is 27.3 Å². The van der Waals surface area contributed by atoms with Gasteiger partial charge in [0.2, 0.25) is 5.91 Å². The number of aromatic nitrogens is 1. The number of piperidine rings is 1. The highest BCUT2D eigenvalue weighted by Crippen LogP contribution is 2.29. The number of carbonyl (C=O) groups excluding carboxylic acids is 1. The molecule has 1 saturated heterocycles. The number of fused-ring (bicyclic) bond motifs is 1. The van der Waals surface area contributed by atoms with Crippen LogP contribution in [0.2, 0.25) is 0 Å². The van der Waals surface area contributed by atoms with E-state index in [2.05, 4.69) is 32.4 Å². The molecule has 0 saturated carbocycles. The monoisotopic (exact) mass is 423 g/mol. The lowest BCUT2D eigenvalue weighted by molar-refractivity contribution is -0.136. The molecular weight excluding hydrogens is 405 g/mol. The lowest BCUT2D eigenvalue weighted by Gasteiger charge is -2.36. The van der Waals surface area contributed by atoms with Gasteiger partial charge in [-0.15, -0.1) is 11.3 Å². The van der Waals surface area contributed by atoms with Gasteiger partial charge in [-0.2, -0.15) is 0 Å². The summed E-state index contributed by atoms with van der Waals surface area (Å²) in [4.78, 5) is 22.5. The smallest absolute Gasteiger partial charge is 0.227 e.